The fourth-order valence-corrected chi connectivity index (χ4v) is 4.58. The lowest BCUT2D eigenvalue weighted by Gasteiger charge is -2.27. The van der Waals surface area contributed by atoms with Gasteiger partial charge in [-0.15, -0.1) is 0 Å². The Balaban J connectivity index is 1.52. The molecule has 0 bridgehead atoms. The molecule has 144 valence electrons. The van der Waals surface area contributed by atoms with Crippen molar-refractivity contribution in [2.45, 2.75) is 69.0 Å². The summed E-state index contributed by atoms with van der Waals surface area (Å²) in [6.45, 7) is 4.03. The first-order valence-corrected chi connectivity index (χ1v) is 10.7. The fourth-order valence-electron chi connectivity index (χ4n) is 4.04. The van der Waals surface area contributed by atoms with E-state index in [1.54, 1.807) is 0 Å². The first-order valence-electron chi connectivity index (χ1n) is 9.18. The van der Waals surface area contributed by atoms with Crippen LogP contribution < -0.4 is 4.72 Å². The van der Waals surface area contributed by atoms with E-state index in [0.717, 1.165) is 5.41 Å². The minimum atomic E-state index is -3.46. The van der Waals surface area contributed by atoms with Gasteiger partial charge < -0.3 is 19.3 Å². The molecule has 1 aliphatic carbocycles. The molecule has 0 aromatic rings. The fraction of sp³-hybridized carbons (Fsp3) is 0.882. The Kier molecular flexibility index (Phi) is 6.51. The monoisotopic (exact) mass is 375 g/mol. The Labute approximate surface area is 149 Å². The van der Waals surface area contributed by atoms with Crippen molar-refractivity contribution >= 4 is 10.0 Å². The van der Waals surface area contributed by atoms with Gasteiger partial charge in [-0.1, -0.05) is 25.8 Å². The van der Waals surface area contributed by atoms with Crippen molar-refractivity contribution < 1.29 is 27.7 Å². The number of aliphatic hydroxyl groups excluding tert-OH is 1. The van der Waals surface area contributed by atoms with Crippen LogP contribution in [0.15, 0.2) is 12.0 Å². The predicted molar refractivity (Wildman–Crippen MR) is 92.5 cm³/mol. The van der Waals surface area contributed by atoms with Crippen molar-refractivity contribution in [2.24, 2.45) is 5.92 Å². The summed E-state index contributed by atoms with van der Waals surface area (Å²) in [6.07, 6.45) is 5.46. The van der Waals surface area contributed by atoms with Crippen LogP contribution in [0.3, 0.4) is 0 Å². The summed E-state index contributed by atoms with van der Waals surface area (Å²) in [4.78, 5) is 0. The van der Waals surface area contributed by atoms with E-state index in [0.29, 0.717) is 18.9 Å². The van der Waals surface area contributed by atoms with Crippen LogP contribution in [-0.4, -0.2) is 63.8 Å². The highest BCUT2D eigenvalue weighted by Crippen LogP contribution is 2.36. The van der Waals surface area contributed by atoms with Gasteiger partial charge in [-0.3, -0.25) is 0 Å². The Morgan fingerprint density at radius 3 is 2.68 bits per heavy atom. The average molecular weight is 375 g/mol. The lowest BCUT2D eigenvalue weighted by Crippen LogP contribution is -2.39. The molecule has 0 amide bonds. The zero-order valence-corrected chi connectivity index (χ0v) is 15.3. The van der Waals surface area contributed by atoms with E-state index in [1.165, 1.54) is 32.1 Å². The molecule has 2 N–H and O–H groups in total. The molecule has 0 aromatic carbocycles. The van der Waals surface area contributed by atoms with Gasteiger partial charge in [0.05, 0.1) is 25.4 Å². The number of rotatable bonds is 8. The third kappa shape index (κ3) is 4.81. The van der Waals surface area contributed by atoms with Crippen LogP contribution in [0, 0.1) is 5.92 Å². The second-order valence-corrected chi connectivity index (χ2v) is 8.93. The SMILES string of the molecule is C=CS(=O)(=O)NC[C@H]1C[C@@H]2O[C@H](CO)[C@@H](OCC3CCCCC3)[C@@H]2O1. The number of hydrogen-bond donors (Lipinski definition) is 2. The normalized spacial score (nSPS) is 36.4. The summed E-state index contributed by atoms with van der Waals surface area (Å²) in [5.74, 6) is 0.573. The maximum Gasteiger partial charge on any atom is 0.233 e. The number of nitrogens with one attached hydrogen (secondary N) is 1. The number of fused-ring (bicyclic) bond motifs is 1. The van der Waals surface area contributed by atoms with E-state index in [9.17, 15) is 13.5 Å². The summed E-state index contributed by atoms with van der Waals surface area (Å²) >= 11 is 0. The standard InChI is InChI=1S/C17H29NO6S/c1-2-25(20,21)18-9-13-8-14-17(23-13)16(15(10-19)24-14)22-11-12-6-4-3-5-7-12/h2,12-19H,1,3-11H2/t13-,14+,15-,16-,17-/m1/s1. The number of hydrogen-bond acceptors (Lipinski definition) is 6. The quantitative estimate of drug-likeness (QED) is 0.656. The van der Waals surface area contributed by atoms with E-state index >= 15 is 0 Å². The van der Waals surface area contributed by atoms with Gasteiger partial charge >= 0.3 is 0 Å². The second kappa shape index (κ2) is 8.45. The highest BCUT2D eigenvalue weighted by Gasteiger charge is 2.51. The van der Waals surface area contributed by atoms with Crippen molar-refractivity contribution in [1.82, 2.24) is 4.72 Å². The van der Waals surface area contributed by atoms with Crippen molar-refractivity contribution in [3.63, 3.8) is 0 Å². The smallest absolute Gasteiger partial charge is 0.233 e. The lowest BCUT2D eigenvalue weighted by molar-refractivity contribution is -0.0942. The van der Waals surface area contributed by atoms with Crippen LogP contribution >= 0.6 is 0 Å². The molecule has 2 heterocycles. The van der Waals surface area contributed by atoms with Gasteiger partial charge in [-0.2, -0.15) is 0 Å². The number of aliphatic hydroxyl groups is 1. The van der Waals surface area contributed by atoms with Crippen LogP contribution in [-0.2, 0) is 24.2 Å². The van der Waals surface area contributed by atoms with Gasteiger partial charge in [-0.25, -0.2) is 13.1 Å². The van der Waals surface area contributed by atoms with E-state index in [-0.39, 0.29) is 43.7 Å². The number of sulfonamides is 1. The van der Waals surface area contributed by atoms with E-state index < -0.39 is 10.0 Å². The minimum absolute atomic E-state index is 0.0978. The van der Waals surface area contributed by atoms with Crippen molar-refractivity contribution in [2.75, 3.05) is 19.8 Å². The van der Waals surface area contributed by atoms with Crippen molar-refractivity contribution in [3.05, 3.63) is 12.0 Å². The summed E-state index contributed by atoms with van der Waals surface area (Å²) in [6, 6.07) is 0. The second-order valence-electron chi connectivity index (χ2n) is 7.22. The van der Waals surface area contributed by atoms with E-state index in [1.807, 2.05) is 0 Å². The predicted octanol–water partition coefficient (Wildman–Crippen LogP) is 0.932. The highest BCUT2D eigenvalue weighted by atomic mass is 32.2. The maximum atomic E-state index is 11.5. The van der Waals surface area contributed by atoms with Crippen LogP contribution in [0.4, 0.5) is 0 Å². The third-order valence-electron chi connectivity index (χ3n) is 5.41. The number of ether oxygens (including phenoxy) is 3. The molecule has 5 atom stereocenters. The van der Waals surface area contributed by atoms with E-state index in [2.05, 4.69) is 11.3 Å². The molecule has 2 aliphatic heterocycles. The minimum Gasteiger partial charge on any atom is -0.394 e. The first-order chi connectivity index (χ1) is 12.0. The maximum absolute atomic E-state index is 11.5. The molecule has 3 aliphatic rings. The zero-order chi connectivity index (χ0) is 17.9. The van der Waals surface area contributed by atoms with Gasteiger partial charge in [-0.05, 0) is 18.8 Å². The molecule has 0 unspecified atom stereocenters. The van der Waals surface area contributed by atoms with Gasteiger partial charge in [0, 0.05) is 18.4 Å². The molecule has 7 nitrogen and oxygen atoms in total. The largest absolute Gasteiger partial charge is 0.394 e. The average Bonchev–Trinajstić information content (AvgIpc) is 3.16. The van der Waals surface area contributed by atoms with Crippen LogP contribution in [0.5, 0.6) is 0 Å². The summed E-state index contributed by atoms with van der Waals surface area (Å²) in [5, 5.41) is 10.5. The Hall–Kier alpha value is -0.510. The molecule has 1 saturated carbocycles. The van der Waals surface area contributed by atoms with Crippen LogP contribution in [0.1, 0.15) is 38.5 Å². The van der Waals surface area contributed by atoms with Crippen LogP contribution in [0.2, 0.25) is 0 Å². The van der Waals surface area contributed by atoms with Gasteiger partial charge in [0.2, 0.25) is 10.0 Å². The van der Waals surface area contributed by atoms with E-state index in [4.69, 9.17) is 14.2 Å². The van der Waals surface area contributed by atoms with Gasteiger partial charge in [0.15, 0.2) is 0 Å². The third-order valence-corrected chi connectivity index (χ3v) is 6.42. The molecular weight excluding hydrogens is 346 g/mol. The lowest BCUT2D eigenvalue weighted by atomic mass is 9.90. The summed E-state index contributed by atoms with van der Waals surface area (Å²) in [5.41, 5.74) is 0. The summed E-state index contributed by atoms with van der Waals surface area (Å²) in [7, 11) is -3.46. The molecular formula is C17H29NO6S. The summed E-state index contributed by atoms with van der Waals surface area (Å²) < 4.78 is 43.4. The molecule has 3 rings (SSSR count). The van der Waals surface area contributed by atoms with Gasteiger partial charge in [0.1, 0.15) is 18.3 Å². The zero-order valence-electron chi connectivity index (χ0n) is 14.5. The Bertz CT molecular complexity index is 547. The van der Waals surface area contributed by atoms with Crippen molar-refractivity contribution in [3.8, 4) is 0 Å². The molecule has 0 aromatic heterocycles. The molecule has 3 fully saturated rings. The molecule has 8 heteroatoms. The van der Waals surface area contributed by atoms with Gasteiger partial charge in [0.25, 0.3) is 0 Å². The highest BCUT2D eigenvalue weighted by molar-refractivity contribution is 7.92. The molecule has 2 saturated heterocycles. The Morgan fingerprint density at radius 1 is 1.24 bits per heavy atom. The first kappa shape index (κ1) is 19.3. The molecule has 0 radical (unpaired) electrons. The molecule has 25 heavy (non-hydrogen) atoms. The van der Waals surface area contributed by atoms with Crippen molar-refractivity contribution in [1.29, 1.82) is 0 Å². The van der Waals surface area contributed by atoms with Crippen LogP contribution in [0.25, 0.3) is 0 Å². The topological polar surface area (TPSA) is 94.1 Å². The molecule has 0 spiro atoms. The Morgan fingerprint density at radius 2 is 2.00 bits per heavy atom.